The van der Waals surface area contributed by atoms with Crippen LogP contribution in [0.1, 0.15) is 51.0 Å². The number of hydrogen-bond acceptors (Lipinski definition) is 1. The fourth-order valence-electron chi connectivity index (χ4n) is 2.56. The first-order valence-corrected chi connectivity index (χ1v) is 7.65. The van der Waals surface area contributed by atoms with Crippen LogP contribution in [0.4, 0.5) is 4.39 Å². The molecule has 0 bridgehead atoms. The molecule has 0 radical (unpaired) electrons. The van der Waals surface area contributed by atoms with Crippen molar-refractivity contribution in [2.75, 3.05) is 13.6 Å². The molecule has 0 aromatic heterocycles. The molecular weight excluding hydrogens is 237 g/mol. The quantitative estimate of drug-likeness (QED) is 0.611. The Hall–Kier alpha value is -0.890. The van der Waals surface area contributed by atoms with Crippen molar-refractivity contribution in [3.8, 4) is 0 Å². The number of hydrogen-bond donors (Lipinski definition) is 1. The summed E-state index contributed by atoms with van der Waals surface area (Å²) in [6.07, 6.45) is 8.99. The summed E-state index contributed by atoms with van der Waals surface area (Å²) in [4.78, 5) is 0. The number of rotatable bonds is 10. The van der Waals surface area contributed by atoms with Crippen molar-refractivity contribution in [3.63, 3.8) is 0 Å². The van der Waals surface area contributed by atoms with Crippen molar-refractivity contribution in [3.05, 3.63) is 35.6 Å². The van der Waals surface area contributed by atoms with E-state index in [-0.39, 0.29) is 5.82 Å². The highest BCUT2D eigenvalue weighted by molar-refractivity contribution is 5.16. The summed E-state index contributed by atoms with van der Waals surface area (Å²) in [7, 11) is 2.01. The van der Waals surface area contributed by atoms with Crippen LogP contribution < -0.4 is 5.32 Å². The zero-order valence-electron chi connectivity index (χ0n) is 12.4. The Morgan fingerprint density at radius 1 is 1.05 bits per heavy atom. The molecule has 1 unspecified atom stereocenters. The fourth-order valence-corrected chi connectivity index (χ4v) is 2.56. The van der Waals surface area contributed by atoms with Crippen molar-refractivity contribution in [2.24, 2.45) is 5.92 Å². The molecule has 1 aromatic rings. The van der Waals surface area contributed by atoms with Gasteiger partial charge in [-0.25, -0.2) is 4.39 Å². The second kappa shape index (κ2) is 9.96. The molecule has 2 heteroatoms. The van der Waals surface area contributed by atoms with E-state index in [0.29, 0.717) is 5.92 Å². The number of nitrogens with one attached hydrogen (secondary N) is 1. The molecular formula is C17H28FN. The highest BCUT2D eigenvalue weighted by atomic mass is 19.1. The molecule has 0 amide bonds. The molecule has 1 nitrogen and oxygen atoms in total. The molecule has 0 fully saturated rings. The van der Waals surface area contributed by atoms with Gasteiger partial charge in [0.05, 0.1) is 0 Å². The van der Waals surface area contributed by atoms with Crippen molar-refractivity contribution in [2.45, 2.75) is 51.9 Å². The van der Waals surface area contributed by atoms with E-state index in [1.165, 1.54) is 44.1 Å². The Kier molecular flexibility index (Phi) is 8.48. The maximum atomic E-state index is 12.9. The third-order valence-corrected chi connectivity index (χ3v) is 3.65. The van der Waals surface area contributed by atoms with E-state index in [1.54, 1.807) is 12.1 Å². The van der Waals surface area contributed by atoms with Gasteiger partial charge in [0.2, 0.25) is 0 Å². The van der Waals surface area contributed by atoms with E-state index in [1.807, 2.05) is 19.2 Å². The summed E-state index contributed by atoms with van der Waals surface area (Å²) >= 11 is 0. The van der Waals surface area contributed by atoms with Crippen LogP contribution in [0, 0.1) is 11.7 Å². The van der Waals surface area contributed by atoms with E-state index in [0.717, 1.165) is 13.0 Å². The van der Waals surface area contributed by atoms with Crippen LogP contribution in [-0.2, 0) is 6.42 Å². The Balaban J connectivity index is 2.33. The highest BCUT2D eigenvalue weighted by Gasteiger charge is 2.09. The summed E-state index contributed by atoms with van der Waals surface area (Å²) in [6.45, 7) is 3.30. The first-order chi connectivity index (χ1) is 9.26. The zero-order valence-corrected chi connectivity index (χ0v) is 12.4. The third kappa shape index (κ3) is 7.31. The van der Waals surface area contributed by atoms with Crippen LogP contribution in [0.5, 0.6) is 0 Å². The maximum absolute atomic E-state index is 12.9. The fraction of sp³-hybridized carbons (Fsp3) is 0.647. The predicted molar refractivity (Wildman–Crippen MR) is 80.9 cm³/mol. The largest absolute Gasteiger partial charge is 0.319 e. The molecule has 19 heavy (non-hydrogen) atoms. The number of benzene rings is 1. The van der Waals surface area contributed by atoms with Gasteiger partial charge >= 0.3 is 0 Å². The maximum Gasteiger partial charge on any atom is 0.123 e. The van der Waals surface area contributed by atoms with E-state index in [9.17, 15) is 4.39 Å². The average molecular weight is 265 g/mol. The second-order valence-corrected chi connectivity index (χ2v) is 5.46. The van der Waals surface area contributed by atoms with Gasteiger partial charge in [-0.2, -0.15) is 0 Å². The van der Waals surface area contributed by atoms with Crippen LogP contribution >= 0.6 is 0 Å². The number of unbranched alkanes of at least 4 members (excludes halogenated alkanes) is 4. The first kappa shape index (κ1) is 16.2. The summed E-state index contributed by atoms with van der Waals surface area (Å²) in [6, 6.07) is 6.95. The van der Waals surface area contributed by atoms with Crippen LogP contribution in [0.3, 0.4) is 0 Å². The van der Waals surface area contributed by atoms with Crippen LogP contribution in [-0.4, -0.2) is 13.6 Å². The summed E-state index contributed by atoms with van der Waals surface area (Å²) in [5, 5.41) is 3.28. The van der Waals surface area contributed by atoms with Crippen molar-refractivity contribution in [1.29, 1.82) is 0 Å². The smallest absolute Gasteiger partial charge is 0.123 e. The van der Waals surface area contributed by atoms with Crippen molar-refractivity contribution in [1.82, 2.24) is 5.32 Å². The minimum absolute atomic E-state index is 0.145. The van der Waals surface area contributed by atoms with Crippen LogP contribution in [0.15, 0.2) is 24.3 Å². The zero-order chi connectivity index (χ0) is 13.9. The van der Waals surface area contributed by atoms with Gasteiger partial charge in [-0.3, -0.25) is 0 Å². The molecule has 108 valence electrons. The lowest BCUT2D eigenvalue weighted by molar-refractivity contribution is 0.433. The Morgan fingerprint density at radius 3 is 2.37 bits per heavy atom. The lowest BCUT2D eigenvalue weighted by Crippen LogP contribution is -2.20. The molecule has 0 spiro atoms. The SMILES string of the molecule is CCCCCCCC(CNC)Cc1ccc(F)cc1. The molecule has 0 aliphatic rings. The summed E-state index contributed by atoms with van der Waals surface area (Å²) in [5.41, 5.74) is 1.25. The molecule has 1 rings (SSSR count). The van der Waals surface area contributed by atoms with Crippen LogP contribution in [0.2, 0.25) is 0 Å². The van der Waals surface area contributed by atoms with Gasteiger partial charge in [0.15, 0.2) is 0 Å². The van der Waals surface area contributed by atoms with Gasteiger partial charge in [0.25, 0.3) is 0 Å². The Bertz CT molecular complexity index is 321. The molecule has 0 aliphatic carbocycles. The second-order valence-electron chi connectivity index (χ2n) is 5.46. The first-order valence-electron chi connectivity index (χ1n) is 7.65. The molecule has 0 heterocycles. The topological polar surface area (TPSA) is 12.0 Å². The van der Waals surface area contributed by atoms with E-state index < -0.39 is 0 Å². The molecule has 1 atom stereocenters. The van der Waals surface area contributed by atoms with Crippen LogP contribution in [0.25, 0.3) is 0 Å². The van der Waals surface area contributed by atoms with E-state index in [2.05, 4.69) is 12.2 Å². The average Bonchev–Trinajstić information content (AvgIpc) is 2.41. The third-order valence-electron chi connectivity index (χ3n) is 3.65. The Labute approximate surface area is 117 Å². The van der Waals surface area contributed by atoms with Crippen molar-refractivity contribution >= 4 is 0 Å². The van der Waals surface area contributed by atoms with Gasteiger partial charge in [0, 0.05) is 0 Å². The summed E-state index contributed by atoms with van der Waals surface area (Å²) < 4.78 is 12.9. The molecule has 0 saturated heterocycles. The lowest BCUT2D eigenvalue weighted by Gasteiger charge is -2.16. The van der Waals surface area contributed by atoms with Gasteiger partial charge in [0.1, 0.15) is 5.82 Å². The Morgan fingerprint density at radius 2 is 1.74 bits per heavy atom. The molecule has 0 aliphatic heterocycles. The van der Waals surface area contributed by atoms with Gasteiger partial charge in [-0.15, -0.1) is 0 Å². The predicted octanol–water partition coefficient (Wildman–Crippen LogP) is 4.56. The van der Waals surface area contributed by atoms with E-state index in [4.69, 9.17) is 0 Å². The summed E-state index contributed by atoms with van der Waals surface area (Å²) in [5.74, 6) is 0.519. The molecule has 1 aromatic carbocycles. The number of halogens is 1. The normalized spacial score (nSPS) is 12.6. The lowest BCUT2D eigenvalue weighted by atomic mass is 9.93. The molecule has 0 saturated carbocycles. The van der Waals surface area contributed by atoms with Crippen molar-refractivity contribution < 1.29 is 4.39 Å². The molecule has 1 N–H and O–H groups in total. The van der Waals surface area contributed by atoms with Gasteiger partial charge in [-0.05, 0) is 50.0 Å². The minimum atomic E-state index is -0.145. The highest BCUT2D eigenvalue weighted by Crippen LogP contribution is 2.16. The van der Waals surface area contributed by atoms with E-state index >= 15 is 0 Å². The minimum Gasteiger partial charge on any atom is -0.319 e. The monoisotopic (exact) mass is 265 g/mol. The van der Waals surface area contributed by atoms with Gasteiger partial charge in [-0.1, -0.05) is 51.2 Å². The van der Waals surface area contributed by atoms with Gasteiger partial charge < -0.3 is 5.32 Å². The standard InChI is InChI=1S/C17H28FN/c1-3-4-5-6-7-8-16(14-19-2)13-15-9-11-17(18)12-10-15/h9-12,16,19H,3-8,13-14H2,1-2H3.